The first-order valence-electron chi connectivity index (χ1n) is 7.90. The molecule has 2 heterocycles. The highest BCUT2D eigenvalue weighted by molar-refractivity contribution is 8.00. The summed E-state index contributed by atoms with van der Waals surface area (Å²) in [5.74, 6) is 0. The molecule has 0 bridgehead atoms. The number of rotatable bonds is 5. The van der Waals surface area contributed by atoms with Gasteiger partial charge in [0.2, 0.25) is 5.16 Å². The van der Waals surface area contributed by atoms with Gasteiger partial charge in [0, 0.05) is 10.9 Å². The summed E-state index contributed by atoms with van der Waals surface area (Å²) in [5.41, 5.74) is 4.31. The fraction of sp³-hybridized carbons (Fsp3) is 0.111. The number of para-hydroxylation sites is 1. The Labute approximate surface area is 153 Å². The Kier molecular flexibility index (Phi) is 4.58. The van der Waals surface area contributed by atoms with Crippen LogP contribution in [0.25, 0.3) is 16.9 Å². The van der Waals surface area contributed by atoms with Crippen molar-refractivity contribution < 1.29 is 0 Å². The number of thiazole rings is 1. The van der Waals surface area contributed by atoms with Gasteiger partial charge in [-0.25, -0.2) is 4.98 Å². The molecule has 4 rings (SSSR count). The molecule has 0 N–H and O–H groups in total. The van der Waals surface area contributed by atoms with E-state index >= 15 is 0 Å². The minimum absolute atomic E-state index is 0.717. The highest BCUT2D eigenvalue weighted by atomic mass is 32.2. The Hall–Kier alpha value is -2.51. The number of aromatic nitrogens is 5. The van der Waals surface area contributed by atoms with Crippen molar-refractivity contribution in [1.82, 2.24) is 25.2 Å². The van der Waals surface area contributed by atoms with Gasteiger partial charge in [-0.3, -0.25) is 0 Å². The van der Waals surface area contributed by atoms with E-state index in [1.54, 1.807) is 16.0 Å². The predicted octanol–water partition coefficient (Wildman–Crippen LogP) is 4.50. The monoisotopic (exact) mass is 365 g/mol. The second-order valence-corrected chi connectivity index (χ2v) is 7.39. The lowest BCUT2D eigenvalue weighted by Crippen LogP contribution is -2.02. The molecule has 5 nitrogen and oxygen atoms in total. The Morgan fingerprint density at radius 3 is 2.68 bits per heavy atom. The molecule has 0 spiro atoms. The van der Waals surface area contributed by atoms with Crippen molar-refractivity contribution in [2.75, 3.05) is 0 Å². The molecule has 0 saturated heterocycles. The normalized spacial score (nSPS) is 10.9. The van der Waals surface area contributed by atoms with Crippen LogP contribution in [0.1, 0.15) is 12.5 Å². The molecule has 25 heavy (non-hydrogen) atoms. The van der Waals surface area contributed by atoms with E-state index < -0.39 is 0 Å². The lowest BCUT2D eigenvalue weighted by molar-refractivity contribution is 0.747. The molecule has 0 saturated carbocycles. The van der Waals surface area contributed by atoms with Gasteiger partial charge in [-0.05, 0) is 40.2 Å². The molecule has 0 aliphatic rings. The molecular weight excluding hydrogens is 350 g/mol. The average molecular weight is 365 g/mol. The third-order valence-corrected chi connectivity index (χ3v) is 5.65. The van der Waals surface area contributed by atoms with Crippen LogP contribution in [-0.4, -0.2) is 25.2 Å². The maximum Gasteiger partial charge on any atom is 0.221 e. The first-order valence-corrected chi connectivity index (χ1v) is 9.60. The van der Waals surface area contributed by atoms with Crippen LogP contribution in [0, 0.1) is 0 Å². The fourth-order valence-electron chi connectivity index (χ4n) is 2.53. The van der Waals surface area contributed by atoms with Crippen LogP contribution in [0.4, 0.5) is 0 Å². The van der Waals surface area contributed by atoms with Crippen molar-refractivity contribution in [3.05, 3.63) is 65.5 Å². The van der Waals surface area contributed by atoms with Gasteiger partial charge in [-0.15, -0.1) is 16.4 Å². The zero-order valence-electron chi connectivity index (χ0n) is 13.5. The van der Waals surface area contributed by atoms with Gasteiger partial charge in [0.1, 0.15) is 0 Å². The van der Waals surface area contributed by atoms with Gasteiger partial charge in [0.15, 0.2) is 4.34 Å². The largest absolute Gasteiger partial charge is 0.229 e. The Morgan fingerprint density at radius 1 is 1.04 bits per heavy atom. The van der Waals surface area contributed by atoms with Crippen LogP contribution < -0.4 is 0 Å². The summed E-state index contributed by atoms with van der Waals surface area (Å²) in [6.07, 6.45) is 0.926. The number of aryl methyl sites for hydroxylation is 1. The smallest absolute Gasteiger partial charge is 0.221 e. The van der Waals surface area contributed by atoms with E-state index in [4.69, 9.17) is 4.98 Å². The van der Waals surface area contributed by atoms with Crippen LogP contribution in [-0.2, 0) is 6.42 Å². The highest BCUT2D eigenvalue weighted by Crippen LogP contribution is 2.33. The molecule has 7 heteroatoms. The summed E-state index contributed by atoms with van der Waals surface area (Å²) in [6.45, 7) is 2.13. The summed E-state index contributed by atoms with van der Waals surface area (Å²) in [6, 6.07) is 18.3. The SMILES string of the molecule is CCc1ccccc1-n1nnnc1Sc1nc(-c2ccccc2)cs1. The highest BCUT2D eigenvalue weighted by Gasteiger charge is 2.15. The van der Waals surface area contributed by atoms with Gasteiger partial charge in [0.25, 0.3) is 0 Å². The predicted molar refractivity (Wildman–Crippen MR) is 100 cm³/mol. The fourth-order valence-corrected chi connectivity index (χ4v) is 4.25. The third kappa shape index (κ3) is 3.33. The van der Waals surface area contributed by atoms with Crippen molar-refractivity contribution >= 4 is 23.1 Å². The van der Waals surface area contributed by atoms with E-state index in [0.29, 0.717) is 0 Å². The van der Waals surface area contributed by atoms with E-state index in [1.807, 2.05) is 36.4 Å². The molecule has 0 radical (unpaired) electrons. The van der Waals surface area contributed by atoms with E-state index in [2.05, 4.69) is 46.0 Å². The number of nitrogens with zero attached hydrogens (tertiary/aromatic N) is 5. The molecule has 0 aliphatic heterocycles. The van der Waals surface area contributed by atoms with Gasteiger partial charge in [-0.1, -0.05) is 55.5 Å². The molecule has 0 aliphatic carbocycles. The Bertz CT molecular complexity index is 978. The molecule has 2 aromatic heterocycles. The lowest BCUT2D eigenvalue weighted by atomic mass is 10.1. The van der Waals surface area contributed by atoms with Crippen LogP contribution >= 0.6 is 23.1 Å². The third-order valence-electron chi connectivity index (χ3n) is 3.77. The maximum absolute atomic E-state index is 4.71. The van der Waals surface area contributed by atoms with E-state index in [1.165, 1.54) is 17.3 Å². The standard InChI is InChI=1S/C18H15N5S2/c1-2-13-8-6-7-11-16(13)23-17(20-21-22-23)25-18-19-15(12-24-18)14-9-4-3-5-10-14/h3-12H,2H2,1H3. The number of benzene rings is 2. The minimum Gasteiger partial charge on any atom is -0.229 e. The second kappa shape index (κ2) is 7.16. The maximum atomic E-state index is 4.71. The summed E-state index contributed by atoms with van der Waals surface area (Å²) in [5, 5.41) is 15.0. The van der Waals surface area contributed by atoms with Crippen molar-refractivity contribution in [1.29, 1.82) is 0 Å². The van der Waals surface area contributed by atoms with Crippen LogP contribution in [0.2, 0.25) is 0 Å². The molecule has 0 fully saturated rings. The van der Waals surface area contributed by atoms with Crippen molar-refractivity contribution in [2.45, 2.75) is 22.8 Å². The van der Waals surface area contributed by atoms with Crippen molar-refractivity contribution in [3.63, 3.8) is 0 Å². The molecule has 124 valence electrons. The summed E-state index contributed by atoms with van der Waals surface area (Å²) in [4.78, 5) is 4.71. The van der Waals surface area contributed by atoms with Gasteiger partial charge in [0.05, 0.1) is 11.4 Å². The average Bonchev–Trinajstić information content (AvgIpc) is 3.32. The first-order chi connectivity index (χ1) is 12.3. The summed E-state index contributed by atoms with van der Waals surface area (Å²) >= 11 is 3.08. The quantitative estimate of drug-likeness (QED) is 0.521. The number of hydrogen-bond donors (Lipinski definition) is 0. The molecular formula is C18H15N5S2. The molecule has 4 aromatic rings. The van der Waals surface area contributed by atoms with E-state index in [0.717, 1.165) is 32.9 Å². The van der Waals surface area contributed by atoms with Crippen LogP contribution in [0.15, 0.2) is 69.5 Å². The first kappa shape index (κ1) is 16.0. The van der Waals surface area contributed by atoms with Crippen molar-refractivity contribution in [3.8, 4) is 16.9 Å². The van der Waals surface area contributed by atoms with E-state index in [-0.39, 0.29) is 0 Å². The molecule has 0 amide bonds. The van der Waals surface area contributed by atoms with Crippen molar-refractivity contribution in [2.24, 2.45) is 0 Å². The zero-order valence-corrected chi connectivity index (χ0v) is 15.2. The molecule has 2 aromatic carbocycles. The zero-order chi connectivity index (χ0) is 17.1. The van der Waals surface area contributed by atoms with Gasteiger partial charge < -0.3 is 0 Å². The minimum atomic E-state index is 0.717. The van der Waals surface area contributed by atoms with Gasteiger partial charge in [-0.2, -0.15) is 4.68 Å². The summed E-state index contributed by atoms with van der Waals surface area (Å²) < 4.78 is 2.71. The molecule has 0 unspecified atom stereocenters. The Morgan fingerprint density at radius 2 is 1.84 bits per heavy atom. The lowest BCUT2D eigenvalue weighted by Gasteiger charge is -2.07. The summed E-state index contributed by atoms with van der Waals surface area (Å²) in [7, 11) is 0. The second-order valence-electron chi connectivity index (χ2n) is 5.32. The topological polar surface area (TPSA) is 56.5 Å². The van der Waals surface area contributed by atoms with E-state index in [9.17, 15) is 0 Å². The van der Waals surface area contributed by atoms with Crippen LogP contribution in [0.3, 0.4) is 0 Å². The Balaban J connectivity index is 1.63. The van der Waals surface area contributed by atoms with Crippen LogP contribution in [0.5, 0.6) is 0 Å². The van der Waals surface area contributed by atoms with Gasteiger partial charge >= 0.3 is 0 Å². The molecule has 0 atom stereocenters. The number of tetrazole rings is 1. The number of hydrogen-bond acceptors (Lipinski definition) is 6.